The summed E-state index contributed by atoms with van der Waals surface area (Å²) in [6.45, 7) is 6.77. The molecule has 1 atom stereocenters. The summed E-state index contributed by atoms with van der Waals surface area (Å²) >= 11 is 0. The summed E-state index contributed by atoms with van der Waals surface area (Å²) in [6, 6.07) is 5.37. The molecule has 0 radical (unpaired) electrons. The van der Waals surface area contributed by atoms with Gasteiger partial charge in [0.1, 0.15) is 0 Å². The number of nitrogens with two attached hydrogens (primary N) is 1. The van der Waals surface area contributed by atoms with Gasteiger partial charge in [0.05, 0.1) is 6.61 Å². The monoisotopic (exact) mass is 237 g/mol. The van der Waals surface area contributed by atoms with Crippen LogP contribution in [0.25, 0.3) is 0 Å². The lowest BCUT2D eigenvalue weighted by molar-refractivity contribution is 0.315. The van der Waals surface area contributed by atoms with Gasteiger partial charge in [-0.2, -0.15) is 0 Å². The summed E-state index contributed by atoms with van der Waals surface area (Å²) in [5.74, 6) is 1.33. The molecule has 0 aliphatic carbocycles. The molecule has 96 valence electrons. The molecule has 0 aromatic heterocycles. The Labute approximate surface area is 104 Å². The first-order chi connectivity index (χ1) is 8.06. The van der Waals surface area contributed by atoms with E-state index in [1.807, 2.05) is 19.1 Å². The Balaban J connectivity index is 2.78. The first-order valence-corrected chi connectivity index (χ1v) is 6.26. The fraction of sp³-hybridized carbons (Fsp3) is 0.571. The second-order valence-electron chi connectivity index (χ2n) is 4.70. The van der Waals surface area contributed by atoms with Crippen molar-refractivity contribution in [3.05, 3.63) is 23.8 Å². The summed E-state index contributed by atoms with van der Waals surface area (Å²) in [4.78, 5) is 0. The van der Waals surface area contributed by atoms with Crippen molar-refractivity contribution in [3.8, 4) is 11.5 Å². The molecular weight excluding hydrogens is 214 g/mol. The summed E-state index contributed by atoms with van der Waals surface area (Å²) in [5.41, 5.74) is 6.87. The van der Waals surface area contributed by atoms with Gasteiger partial charge in [-0.3, -0.25) is 0 Å². The molecule has 17 heavy (non-hydrogen) atoms. The first-order valence-electron chi connectivity index (χ1n) is 6.26. The smallest absolute Gasteiger partial charge is 0.162 e. The van der Waals surface area contributed by atoms with Gasteiger partial charge in [0.25, 0.3) is 0 Å². The van der Waals surface area contributed by atoms with E-state index in [2.05, 4.69) is 13.8 Å². The number of hydrogen-bond acceptors (Lipinski definition) is 3. The number of para-hydroxylation sites is 1. The van der Waals surface area contributed by atoms with Crippen molar-refractivity contribution >= 4 is 0 Å². The third-order valence-electron chi connectivity index (χ3n) is 2.78. The van der Waals surface area contributed by atoms with E-state index in [1.165, 1.54) is 0 Å². The van der Waals surface area contributed by atoms with Crippen LogP contribution in [0, 0.1) is 5.92 Å². The van der Waals surface area contributed by atoms with Crippen molar-refractivity contribution in [2.24, 2.45) is 11.7 Å². The summed E-state index contributed by atoms with van der Waals surface area (Å²) in [6.07, 6.45) is 1.93. The molecule has 3 nitrogen and oxygen atoms in total. The maximum Gasteiger partial charge on any atom is 0.162 e. The van der Waals surface area contributed by atoms with Gasteiger partial charge in [0.2, 0.25) is 0 Å². The van der Waals surface area contributed by atoms with Crippen LogP contribution in [-0.4, -0.2) is 11.7 Å². The minimum Gasteiger partial charge on any atom is -0.504 e. The number of aromatic hydroxyl groups is 1. The second kappa shape index (κ2) is 6.50. The van der Waals surface area contributed by atoms with Crippen molar-refractivity contribution in [2.75, 3.05) is 6.61 Å². The van der Waals surface area contributed by atoms with Crippen LogP contribution in [0.1, 0.15) is 45.2 Å². The third kappa shape index (κ3) is 3.93. The van der Waals surface area contributed by atoms with Gasteiger partial charge in [-0.1, -0.05) is 26.0 Å². The van der Waals surface area contributed by atoms with E-state index in [0.29, 0.717) is 18.3 Å². The number of phenolic OH excluding ortho intramolecular Hbond substituents is 1. The SMILES string of the molecule is CCOc1cccc([C@@H](N)CCC(C)C)c1O. The minimum atomic E-state index is -0.127. The van der Waals surface area contributed by atoms with Crippen molar-refractivity contribution < 1.29 is 9.84 Å². The van der Waals surface area contributed by atoms with Crippen LogP contribution < -0.4 is 10.5 Å². The van der Waals surface area contributed by atoms with Crippen molar-refractivity contribution in [1.82, 2.24) is 0 Å². The lowest BCUT2D eigenvalue weighted by Gasteiger charge is -2.16. The van der Waals surface area contributed by atoms with Gasteiger partial charge in [0, 0.05) is 11.6 Å². The normalized spacial score (nSPS) is 12.8. The molecule has 0 aliphatic rings. The molecule has 0 bridgehead atoms. The number of rotatable bonds is 6. The van der Waals surface area contributed by atoms with Crippen LogP contribution in [0.3, 0.4) is 0 Å². The number of benzene rings is 1. The maximum absolute atomic E-state index is 10.1. The summed E-state index contributed by atoms with van der Waals surface area (Å²) in [5, 5.41) is 10.1. The minimum absolute atomic E-state index is 0.127. The van der Waals surface area contributed by atoms with Gasteiger partial charge >= 0.3 is 0 Å². The molecule has 0 saturated heterocycles. The predicted octanol–water partition coefficient (Wildman–Crippen LogP) is 3.23. The Morgan fingerprint density at radius 1 is 1.29 bits per heavy atom. The van der Waals surface area contributed by atoms with Crippen LogP contribution in [0.5, 0.6) is 11.5 Å². The lowest BCUT2D eigenvalue weighted by Crippen LogP contribution is -2.11. The summed E-state index contributed by atoms with van der Waals surface area (Å²) < 4.78 is 5.35. The van der Waals surface area contributed by atoms with E-state index in [1.54, 1.807) is 6.07 Å². The van der Waals surface area contributed by atoms with E-state index in [9.17, 15) is 5.11 Å². The van der Waals surface area contributed by atoms with Gasteiger partial charge in [-0.05, 0) is 31.7 Å². The second-order valence-corrected chi connectivity index (χ2v) is 4.70. The maximum atomic E-state index is 10.1. The van der Waals surface area contributed by atoms with Crippen LogP contribution in [0.4, 0.5) is 0 Å². The van der Waals surface area contributed by atoms with Crippen LogP contribution >= 0.6 is 0 Å². The molecule has 0 aliphatic heterocycles. The zero-order valence-corrected chi connectivity index (χ0v) is 10.9. The average Bonchev–Trinajstić information content (AvgIpc) is 2.29. The quantitative estimate of drug-likeness (QED) is 0.798. The Morgan fingerprint density at radius 2 is 2.00 bits per heavy atom. The highest BCUT2D eigenvalue weighted by molar-refractivity contribution is 5.46. The first kappa shape index (κ1) is 13.8. The fourth-order valence-electron chi connectivity index (χ4n) is 1.78. The molecule has 0 amide bonds. The molecule has 1 aromatic rings. The topological polar surface area (TPSA) is 55.5 Å². The van der Waals surface area contributed by atoms with E-state index in [0.717, 1.165) is 18.4 Å². The van der Waals surface area contributed by atoms with Crippen LogP contribution in [0.2, 0.25) is 0 Å². The van der Waals surface area contributed by atoms with E-state index >= 15 is 0 Å². The van der Waals surface area contributed by atoms with E-state index < -0.39 is 0 Å². The highest BCUT2D eigenvalue weighted by atomic mass is 16.5. The highest BCUT2D eigenvalue weighted by Crippen LogP contribution is 2.34. The Hall–Kier alpha value is -1.22. The van der Waals surface area contributed by atoms with Crippen LogP contribution in [-0.2, 0) is 0 Å². The van der Waals surface area contributed by atoms with Crippen LogP contribution in [0.15, 0.2) is 18.2 Å². The molecular formula is C14H23NO2. The molecule has 0 spiro atoms. The molecule has 3 heteroatoms. The lowest BCUT2D eigenvalue weighted by atomic mass is 9.97. The Bertz CT molecular complexity index is 350. The molecule has 0 heterocycles. The van der Waals surface area contributed by atoms with Crippen molar-refractivity contribution in [1.29, 1.82) is 0 Å². The average molecular weight is 237 g/mol. The van der Waals surface area contributed by atoms with Gasteiger partial charge in [0.15, 0.2) is 11.5 Å². The number of hydrogen-bond donors (Lipinski definition) is 2. The molecule has 1 aromatic carbocycles. The standard InChI is InChI=1S/C14H23NO2/c1-4-17-13-7-5-6-11(14(13)16)12(15)9-8-10(2)3/h5-7,10,12,16H,4,8-9,15H2,1-3H3/t12-/m0/s1. The van der Waals surface area contributed by atoms with E-state index in [-0.39, 0.29) is 11.8 Å². The fourth-order valence-corrected chi connectivity index (χ4v) is 1.78. The molecule has 1 rings (SSSR count). The van der Waals surface area contributed by atoms with Gasteiger partial charge < -0.3 is 15.6 Å². The van der Waals surface area contributed by atoms with Gasteiger partial charge in [-0.25, -0.2) is 0 Å². The number of phenols is 1. The zero-order valence-electron chi connectivity index (χ0n) is 10.9. The zero-order chi connectivity index (χ0) is 12.8. The number of ether oxygens (including phenoxy) is 1. The molecule has 0 saturated carbocycles. The Kier molecular flexibility index (Phi) is 5.29. The predicted molar refractivity (Wildman–Crippen MR) is 70.3 cm³/mol. The molecule has 3 N–H and O–H groups in total. The Morgan fingerprint density at radius 3 is 2.59 bits per heavy atom. The van der Waals surface area contributed by atoms with Crippen molar-refractivity contribution in [2.45, 2.75) is 39.7 Å². The van der Waals surface area contributed by atoms with E-state index in [4.69, 9.17) is 10.5 Å². The summed E-state index contributed by atoms with van der Waals surface area (Å²) in [7, 11) is 0. The largest absolute Gasteiger partial charge is 0.504 e. The van der Waals surface area contributed by atoms with Crippen molar-refractivity contribution in [3.63, 3.8) is 0 Å². The highest BCUT2D eigenvalue weighted by Gasteiger charge is 2.14. The third-order valence-corrected chi connectivity index (χ3v) is 2.78. The van der Waals surface area contributed by atoms with Gasteiger partial charge in [-0.15, -0.1) is 0 Å². The molecule has 0 unspecified atom stereocenters. The molecule has 0 fully saturated rings.